The predicted molar refractivity (Wildman–Crippen MR) is 90.6 cm³/mol. The van der Waals surface area contributed by atoms with E-state index >= 15 is 0 Å². The highest BCUT2D eigenvalue weighted by Gasteiger charge is 2.26. The van der Waals surface area contributed by atoms with E-state index in [4.69, 9.17) is 4.74 Å². The highest BCUT2D eigenvalue weighted by Crippen LogP contribution is 2.26. The number of piperidine rings is 1. The van der Waals surface area contributed by atoms with Gasteiger partial charge in [0.1, 0.15) is 0 Å². The average Bonchev–Trinajstić information content (AvgIpc) is 2.51. The molecule has 130 valence electrons. The van der Waals surface area contributed by atoms with Crippen LogP contribution in [-0.4, -0.2) is 41.4 Å². The number of hydrogen-bond donors (Lipinski definition) is 0. The minimum atomic E-state index is -0.753. The fourth-order valence-corrected chi connectivity index (χ4v) is 3.34. The molecule has 2 rings (SSSR count). The lowest BCUT2D eigenvalue weighted by Gasteiger charge is -2.34. The summed E-state index contributed by atoms with van der Waals surface area (Å²) < 4.78 is 5.29. The van der Waals surface area contributed by atoms with E-state index in [1.807, 2.05) is 0 Å². The minimum absolute atomic E-state index is 0.0399. The van der Waals surface area contributed by atoms with Gasteiger partial charge in [0.05, 0.1) is 15.0 Å². The number of carbonyl (C=O) groups excluding carboxylic acids is 2. The Hall–Kier alpha value is -1.96. The Balaban J connectivity index is 1.96. The van der Waals surface area contributed by atoms with E-state index in [0.29, 0.717) is 24.9 Å². The number of amides is 1. The van der Waals surface area contributed by atoms with E-state index in [1.54, 1.807) is 4.90 Å². The number of carbonyl (C=O) groups is 2. The zero-order valence-corrected chi connectivity index (χ0v) is 15.1. The highest BCUT2D eigenvalue weighted by atomic mass is 79.9. The van der Waals surface area contributed by atoms with Gasteiger partial charge < -0.3 is 9.64 Å². The number of benzene rings is 1. The standard InChI is InChI=1S/C16H19BrN2O5/c1-10-5-11(2)8-18(7-10)15(20)9-24-16(21)12-3-4-13(17)14(6-12)19(22)23/h3-4,6,10-11H,5,7-9H2,1-2H3/t10-,11-/m1/s1. The first-order valence-corrected chi connectivity index (χ1v) is 8.46. The van der Waals surface area contributed by atoms with Crippen LogP contribution in [-0.2, 0) is 9.53 Å². The summed E-state index contributed by atoms with van der Waals surface area (Å²) in [5.74, 6) is -0.157. The largest absolute Gasteiger partial charge is 0.452 e. The Labute approximate surface area is 148 Å². The summed E-state index contributed by atoms with van der Waals surface area (Å²) in [6.45, 7) is 5.13. The van der Waals surface area contributed by atoms with Gasteiger partial charge in [0.25, 0.3) is 11.6 Å². The van der Waals surface area contributed by atoms with Crippen LogP contribution in [0.5, 0.6) is 0 Å². The Bertz CT molecular complexity index is 654. The van der Waals surface area contributed by atoms with Crippen molar-refractivity contribution in [2.45, 2.75) is 20.3 Å². The smallest absolute Gasteiger partial charge is 0.338 e. The first kappa shape index (κ1) is 18.4. The van der Waals surface area contributed by atoms with Gasteiger partial charge >= 0.3 is 5.97 Å². The second-order valence-corrected chi connectivity index (χ2v) is 7.10. The third-order valence-electron chi connectivity index (χ3n) is 3.93. The van der Waals surface area contributed by atoms with E-state index < -0.39 is 10.9 Å². The van der Waals surface area contributed by atoms with Crippen LogP contribution in [0.2, 0.25) is 0 Å². The van der Waals surface area contributed by atoms with Gasteiger partial charge in [0, 0.05) is 19.2 Å². The van der Waals surface area contributed by atoms with Crippen molar-refractivity contribution in [1.29, 1.82) is 0 Å². The van der Waals surface area contributed by atoms with Crippen LogP contribution in [0.25, 0.3) is 0 Å². The molecule has 2 atom stereocenters. The van der Waals surface area contributed by atoms with E-state index in [1.165, 1.54) is 12.1 Å². The number of rotatable bonds is 4. The maximum Gasteiger partial charge on any atom is 0.338 e. The van der Waals surface area contributed by atoms with Gasteiger partial charge in [-0.2, -0.15) is 0 Å². The van der Waals surface area contributed by atoms with E-state index in [0.717, 1.165) is 12.5 Å². The lowest BCUT2D eigenvalue weighted by atomic mass is 9.92. The lowest BCUT2D eigenvalue weighted by molar-refractivity contribution is -0.385. The van der Waals surface area contributed by atoms with Gasteiger partial charge in [-0.05, 0) is 46.3 Å². The van der Waals surface area contributed by atoms with Crippen LogP contribution >= 0.6 is 15.9 Å². The quantitative estimate of drug-likeness (QED) is 0.441. The normalized spacial score (nSPS) is 20.5. The minimum Gasteiger partial charge on any atom is -0.452 e. The van der Waals surface area contributed by atoms with Crippen molar-refractivity contribution >= 4 is 33.5 Å². The van der Waals surface area contributed by atoms with Gasteiger partial charge in [-0.1, -0.05) is 13.8 Å². The first-order valence-electron chi connectivity index (χ1n) is 7.66. The molecular weight excluding hydrogens is 380 g/mol. The molecule has 0 unspecified atom stereocenters. The molecule has 0 saturated carbocycles. The number of nitro groups is 1. The van der Waals surface area contributed by atoms with Gasteiger partial charge in [0.15, 0.2) is 6.61 Å². The molecular formula is C16H19BrN2O5. The van der Waals surface area contributed by atoms with Crippen molar-refractivity contribution in [2.75, 3.05) is 19.7 Å². The molecule has 7 nitrogen and oxygen atoms in total. The van der Waals surface area contributed by atoms with Crippen molar-refractivity contribution in [3.05, 3.63) is 38.3 Å². The molecule has 1 aromatic rings. The van der Waals surface area contributed by atoms with Crippen LogP contribution in [0.4, 0.5) is 5.69 Å². The van der Waals surface area contributed by atoms with Crippen molar-refractivity contribution in [2.24, 2.45) is 11.8 Å². The summed E-state index contributed by atoms with van der Waals surface area (Å²) in [5.41, 5.74) is -0.187. The molecule has 1 aliphatic rings. The molecule has 0 radical (unpaired) electrons. The summed E-state index contributed by atoms with van der Waals surface area (Å²) in [6, 6.07) is 3.95. The highest BCUT2D eigenvalue weighted by molar-refractivity contribution is 9.10. The zero-order chi connectivity index (χ0) is 17.9. The summed E-state index contributed by atoms with van der Waals surface area (Å²) >= 11 is 3.05. The van der Waals surface area contributed by atoms with Gasteiger partial charge in [-0.15, -0.1) is 0 Å². The van der Waals surface area contributed by atoms with Gasteiger partial charge in [-0.3, -0.25) is 14.9 Å². The number of hydrogen-bond acceptors (Lipinski definition) is 5. The topological polar surface area (TPSA) is 89.8 Å². The summed E-state index contributed by atoms with van der Waals surface area (Å²) in [7, 11) is 0. The molecule has 1 amide bonds. The van der Waals surface area contributed by atoms with E-state index in [-0.39, 0.29) is 28.2 Å². The van der Waals surface area contributed by atoms with Crippen molar-refractivity contribution in [3.8, 4) is 0 Å². The molecule has 1 fully saturated rings. The number of halogens is 1. The van der Waals surface area contributed by atoms with Crippen LogP contribution < -0.4 is 0 Å². The summed E-state index contributed by atoms with van der Waals surface area (Å²) in [6.07, 6.45) is 1.08. The Morgan fingerprint density at radius 1 is 1.33 bits per heavy atom. The maximum atomic E-state index is 12.2. The zero-order valence-electron chi connectivity index (χ0n) is 13.5. The lowest BCUT2D eigenvalue weighted by Crippen LogP contribution is -2.44. The van der Waals surface area contributed by atoms with Gasteiger partial charge in [0.2, 0.25) is 0 Å². The number of nitro benzene ring substituents is 1. The fourth-order valence-electron chi connectivity index (χ4n) is 2.95. The van der Waals surface area contributed by atoms with Crippen LogP contribution in [0, 0.1) is 22.0 Å². The van der Waals surface area contributed by atoms with Crippen LogP contribution in [0.15, 0.2) is 22.7 Å². The van der Waals surface area contributed by atoms with E-state index in [9.17, 15) is 19.7 Å². The summed E-state index contributed by atoms with van der Waals surface area (Å²) in [4.78, 5) is 36.2. The number of likely N-dealkylation sites (tertiary alicyclic amines) is 1. The predicted octanol–water partition coefficient (Wildman–Crippen LogP) is 3.02. The molecule has 0 aliphatic carbocycles. The molecule has 8 heteroatoms. The summed E-state index contributed by atoms with van der Waals surface area (Å²) in [5, 5.41) is 10.9. The molecule has 1 saturated heterocycles. The van der Waals surface area contributed by atoms with Crippen molar-refractivity contribution in [3.63, 3.8) is 0 Å². The molecule has 0 aromatic heterocycles. The van der Waals surface area contributed by atoms with Crippen LogP contribution in [0.3, 0.4) is 0 Å². The third kappa shape index (κ3) is 4.53. The molecule has 1 heterocycles. The Morgan fingerprint density at radius 3 is 2.54 bits per heavy atom. The molecule has 1 aliphatic heterocycles. The second kappa shape index (κ2) is 7.74. The third-order valence-corrected chi connectivity index (χ3v) is 4.60. The number of esters is 1. The van der Waals surface area contributed by atoms with Crippen molar-refractivity contribution in [1.82, 2.24) is 4.90 Å². The van der Waals surface area contributed by atoms with Crippen molar-refractivity contribution < 1.29 is 19.2 Å². The second-order valence-electron chi connectivity index (χ2n) is 6.24. The molecule has 24 heavy (non-hydrogen) atoms. The monoisotopic (exact) mass is 398 g/mol. The Kier molecular flexibility index (Phi) is 5.93. The Morgan fingerprint density at radius 2 is 1.96 bits per heavy atom. The maximum absolute atomic E-state index is 12.2. The molecule has 0 spiro atoms. The van der Waals surface area contributed by atoms with Crippen LogP contribution in [0.1, 0.15) is 30.6 Å². The fraction of sp³-hybridized carbons (Fsp3) is 0.500. The number of ether oxygens (including phenoxy) is 1. The molecule has 0 N–H and O–H groups in total. The molecule has 1 aromatic carbocycles. The van der Waals surface area contributed by atoms with Gasteiger partial charge in [-0.25, -0.2) is 4.79 Å². The average molecular weight is 399 g/mol. The number of nitrogens with zero attached hydrogens (tertiary/aromatic N) is 2. The SMILES string of the molecule is C[C@@H]1C[C@@H](C)CN(C(=O)COC(=O)c2ccc(Br)c([N+](=O)[O-])c2)C1. The van der Waals surface area contributed by atoms with E-state index in [2.05, 4.69) is 29.8 Å². The molecule has 0 bridgehead atoms. The first-order chi connectivity index (χ1) is 11.3.